The monoisotopic (exact) mass is 400 g/mol. The number of benzene rings is 1. The van der Waals surface area contributed by atoms with E-state index < -0.39 is 36.2 Å². The Kier molecular flexibility index (Phi) is 6.43. The first kappa shape index (κ1) is 20.3. The number of ether oxygens (including phenoxy) is 1. The molecule has 0 aliphatic carbocycles. The molecule has 0 spiro atoms. The maximum absolute atomic E-state index is 13.8. The Morgan fingerprint density at radius 1 is 1.21 bits per heavy atom. The van der Waals surface area contributed by atoms with Gasteiger partial charge in [-0.05, 0) is 49.6 Å². The van der Waals surface area contributed by atoms with Gasteiger partial charge < -0.3 is 19.8 Å². The molecule has 1 aromatic carbocycles. The zero-order valence-corrected chi connectivity index (χ0v) is 15.7. The maximum atomic E-state index is 13.8. The van der Waals surface area contributed by atoms with Gasteiger partial charge in [0.05, 0.1) is 5.56 Å². The molecular weight excluding hydrogens is 379 g/mol. The molecule has 0 unspecified atom stereocenters. The summed E-state index contributed by atoms with van der Waals surface area (Å²) in [5, 5.41) is 0. The topological polar surface area (TPSA) is 103 Å². The fourth-order valence-corrected chi connectivity index (χ4v) is 3.19. The molecule has 1 aliphatic heterocycles. The number of hydrogen-bond acceptors (Lipinski definition) is 5. The standard InChI is InChI=1S/C21H21FN2O5/c22-16-6-2-1-5-15(16)18-10-8-14(29-18)9-11-20(26)28-13-19(25)24-12-4-3-7-17(24)21(23)27/h1-2,5-6,8-11,17H,3-4,7,12-13H2,(H2,23,27)/b11-9+/t17-/m0/s1. The number of halogens is 1. The van der Waals surface area contributed by atoms with Crippen molar-refractivity contribution in [3.63, 3.8) is 0 Å². The van der Waals surface area contributed by atoms with Gasteiger partial charge in [-0.15, -0.1) is 0 Å². The number of primary amides is 1. The highest BCUT2D eigenvalue weighted by Crippen LogP contribution is 2.25. The number of carbonyl (C=O) groups excluding carboxylic acids is 3. The summed E-state index contributed by atoms with van der Waals surface area (Å²) in [7, 11) is 0. The SMILES string of the molecule is NC(=O)[C@@H]1CCCCN1C(=O)COC(=O)/C=C/c1ccc(-c2ccccc2F)o1. The molecule has 1 aromatic heterocycles. The van der Waals surface area contributed by atoms with E-state index in [4.69, 9.17) is 14.9 Å². The summed E-state index contributed by atoms with van der Waals surface area (Å²) in [6.07, 6.45) is 4.57. The summed E-state index contributed by atoms with van der Waals surface area (Å²) in [6.45, 7) is -0.0728. The average molecular weight is 400 g/mol. The van der Waals surface area contributed by atoms with Gasteiger partial charge in [-0.1, -0.05) is 12.1 Å². The second kappa shape index (κ2) is 9.18. The van der Waals surface area contributed by atoms with Crippen LogP contribution in [0.15, 0.2) is 46.9 Å². The van der Waals surface area contributed by atoms with Crippen LogP contribution in [0.3, 0.4) is 0 Å². The minimum absolute atomic E-state index is 0.311. The van der Waals surface area contributed by atoms with E-state index >= 15 is 0 Å². The van der Waals surface area contributed by atoms with Crippen LogP contribution in [0.4, 0.5) is 4.39 Å². The summed E-state index contributed by atoms with van der Waals surface area (Å²) in [6, 6.07) is 8.69. The van der Waals surface area contributed by atoms with Crippen LogP contribution in [-0.4, -0.2) is 41.9 Å². The number of nitrogens with zero attached hydrogens (tertiary/aromatic N) is 1. The van der Waals surface area contributed by atoms with Gasteiger partial charge in [0.25, 0.3) is 5.91 Å². The van der Waals surface area contributed by atoms with Gasteiger partial charge in [0.15, 0.2) is 6.61 Å². The lowest BCUT2D eigenvalue weighted by atomic mass is 10.0. The van der Waals surface area contributed by atoms with Crippen LogP contribution in [-0.2, 0) is 19.1 Å². The second-order valence-corrected chi connectivity index (χ2v) is 6.62. The summed E-state index contributed by atoms with van der Waals surface area (Å²) in [4.78, 5) is 36.9. The number of esters is 1. The van der Waals surface area contributed by atoms with E-state index in [1.807, 2.05) is 0 Å². The molecule has 2 N–H and O–H groups in total. The third kappa shape index (κ3) is 5.10. The second-order valence-electron chi connectivity index (χ2n) is 6.62. The number of carbonyl (C=O) groups is 3. The molecule has 29 heavy (non-hydrogen) atoms. The van der Waals surface area contributed by atoms with Crippen molar-refractivity contribution in [3.8, 4) is 11.3 Å². The predicted molar refractivity (Wildman–Crippen MR) is 103 cm³/mol. The van der Waals surface area contributed by atoms with Crippen molar-refractivity contribution in [3.05, 3.63) is 54.1 Å². The normalized spacial score (nSPS) is 16.7. The first-order valence-corrected chi connectivity index (χ1v) is 9.24. The molecule has 2 aromatic rings. The predicted octanol–water partition coefficient (Wildman–Crippen LogP) is 2.51. The van der Waals surface area contributed by atoms with E-state index in [9.17, 15) is 18.8 Å². The van der Waals surface area contributed by atoms with Gasteiger partial charge in [0, 0.05) is 12.6 Å². The molecule has 2 heterocycles. The van der Waals surface area contributed by atoms with E-state index in [0.717, 1.165) is 18.9 Å². The Labute approximate surface area is 166 Å². The molecule has 0 radical (unpaired) electrons. The van der Waals surface area contributed by atoms with E-state index in [-0.39, 0.29) is 0 Å². The van der Waals surface area contributed by atoms with Gasteiger partial charge in [-0.3, -0.25) is 9.59 Å². The van der Waals surface area contributed by atoms with Gasteiger partial charge in [-0.2, -0.15) is 0 Å². The highest BCUT2D eigenvalue weighted by molar-refractivity contribution is 5.91. The van der Waals surface area contributed by atoms with Gasteiger partial charge in [0.2, 0.25) is 5.91 Å². The number of nitrogens with two attached hydrogens (primary N) is 1. The Hall–Kier alpha value is -3.42. The number of likely N-dealkylation sites (tertiary alicyclic amines) is 1. The van der Waals surface area contributed by atoms with Gasteiger partial charge >= 0.3 is 5.97 Å². The summed E-state index contributed by atoms with van der Waals surface area (Å²) in [5.41, 5.74) is 5.64. The van der Waals surface area contributed by atoms with Crippen LogP contribution in [0.5, 0.6) is 0 Å². The minimum atomic E-state index is -0.741. The Morgan fingerprint density at radius 3 is 2.76 bits per heavy atom. The molecule has 1 fully saturated rings. The number of furan rings is 1. The summed E-state index contributed by atoms with van der Waals surface area (Å²) < 4.78 is 24.2. The highest BCUT2D eigenvalue weighted by atomic mass is 19.1. The zero-order valence-electron chi connectivity index (χ0n) is 15.7. The molecule has 7 nitrogen and oxygen atoms in total. The van der Waals surface area contributed by atoms with Crippen molar-refractivity contribution in [1.82, 2.24) is 4.90 Å². The third-order valence-electron chi connectivity index (χ3n) is 4.64. The van der Waals surface area contributed by atoms with Crippen LogP contribution in [0, 0.1) is 5.82 Å². The average Bonchev–Trinajstić information content (AvgIpc) is 3.19. The minimum Gasteiger partial charge on any atom is -0.457 e. The fourth-order valence-electron chi connectivity index (χ4n) is 3.19. The molecule has 1 saturated heterocycles. The van der Waals surface area contributed by atoms with Crippen LogP contribution >= 0.6 is 0 Å². The number of amides is 2. The van der Waals surface area contributed by atoms with Crippen molar-refractivity contribution in [2.75, 3.05) is 13.2 Å². The number of piperidine rings is 1. The van der Waals surface area contributed by atoms with Crippen molar-refractivity contribution in [2.24, 2.45) is 5.73 Å². The maximum Gasteiger partial charge on any atom is 0.331 e. The van der Waals surface area contributed by atoms with Crippen molar-refractivity contribution in [1.29, 1.82) is 0 Å². The quantitative estimate of drug-likeness (QED) is 0.593. The first-order chi connectivity index (χ1) is 14.0. The molecular formula is C21H21FN2O5. The van der Waals surface area contributed by atoms with Crippen LogP contribution in [0.2, 0.25) is 0 Å². The smallest absolute Gasteiger partial charge is 0.331 e. The summed E-state index contributed by atoms with van der Waals surface area (Å²) >= 11 is 0. The molecule has 3 rings (SSSR count). The lowest BCUT2D eigenvalue weighted by molar-refractivity contribution is -0.151. The molecule has 1 aliphatic rings. The van der Waals surface area contributed by atoms with E-state index in [0.29, 0.717) is 30.0 Å². The van der Waals surface area contributed by atoms with E-state index in [1.54, 1.807) is 30.3 Å². The largest absolute Gasteiger partial charge is 0.457 e. The lowest BCUT2D eigenvalue weighted by Crippen LogP contribution is -2.51. The van der Waals surface area contributed by atoms with E-state index in [1.165, 1.54) is 17.0 Å². The Bertz CT molecular complexity index is 937. The molecule has 0 bridgehead atoms. The Morgan fingerprint density at radius 2 is 2.00 bits per heavy atom. The van der Waals surface area contributed by atoms with Crippen molar-refractivity contribution in [2.45, 2.75) is 25.3 Å². The van der Waals surface area contributed by atoms with Crippen molar-refractivity contribution < 1.29 is 27.9 Å². The van der Waals surface area contributed by atoms with Gasteiger partial charge in [-0.25, -0.2) is 9.18 Å². The molecule has 1 atom stereocenters. The molecule has 0 saturated carbocycles. The number of rotatable bonds is 6. The van der Waals surface area contributed by atoms with Crippen LogP contribution < -0.4 is 5.73 Å². The first-order valence-electron chi connectivity index (χ1n) is 9.24. The molecule has 8 heteroatoms. The zero-order chi connectivity index (χ0) is 20.8. The third-order valence-corrected chi connectivity index (χ3v) is 4.64. The lowest BCUT2D eigenvalue weighted by Gasteiger charge is -2.33. The fraction of sp³-hybridized carbons (Fsp3) is 0.286. The van der Waals surface area contributed by atoms with Crippen LogP contribution in [0.25, 0.3) is 17.4 Å². The Balaban J connectivity index is 1.54. The van der Waals surface area contributed by atoms with E-state index in [2.05, 4.69) is 0 Å². The summed E-state index contributed by atoms with van der Waals surface area (Å²) in [5.74, 6) is -1.52. The number of hydrogen-bond donors (Lipinski definition) is 1. The molecule has 152 valence electrons. The van der Waals surface area contributed by atoms with Crippen molar-refractivity contribution >= 4 is 23.9 Å². The van der Waals surface area contributed by atoms with Crippen LogP contribution in [0.1, 0.15) is 25.0 Å². The highest BCUT2D eigenvalue weighted by Gasteiger charge is 2.30. The molecule has 2 amide bonds. The van der Waals surface area contributed by atoms with Gasteiger partial charge in [0.1, 0.15) is 23.4 Å².